The zero-order valence-corrected chi connectivity index (χ0v) is 17.3. The molecule has 1 aromatic rings. The average molecular weight is 391 g/mol. The van der Waals surface area contributed by atoms with Crippen molar-refractivity contribution in [3.8, 4) is 0 Å². The Morgan fingerprint density at radius 1 is 1.07 bits per heavy atom. The van der Waals surface area contributed by atoms with Gasteiger partial charge in [-0.05, 0) is 25.0 Å². The minimum atomic E-state index is -0.504. The van der Waals surface area contributed by atoms with Crippen LogP contribution in [-0.2, 0) is 0 Å². The monoisotopic (exact) mass is 390 g/mol. The van der Waals surface area contributed by atoms with Gasteiger partial charge in [0.1, 0.15) is 6.20 Å². The number of hydrogen-bond donors (Lipinski definition) is 1. The molecule has 0 bridgehead atoms. The van der Waals surface area contributed by atoms with Gasteiger partial charge in [0.25, 0.3) is 5.91 Å². The van der Waals surface area contributed by atoms with Gasteiger partial charge in [-0.3, -0.25) is 19.9 Å². The molecule has 0 aliphatic heterocycles. The molecule has 0 aliphatic rings. The summed E-state index contributed by atoms with van der Waals surface area (Å²) in [5, 5.41) is 14.0. The molecule has 6 nitrogen and oxygen atoms in total. The lowest BCUT2D eigenvalue weighted by Gasteiger charge is -2.10. The van der Waals surface area contributed by atoms with Crippen LogP contribution in [0, 0.1) is 16.3 Å². The van der Waals surface area contributed by atoms with E-state index in [2.05, 4.69) is 23.4 Å². The smallest absolute Gasteiger partial charge is 0.253 e. The predicted octanol–water partition coefficient (Wildman–Crippen LogP) is 5.35. The van der Waals surface area contributed by atoms with Crippen molar-refractivity contribution in [2.24, 2.45) is 0 Å². The number of hydrogen-bond acceptors (Lipinski definition) is 4. The number of pyridine rings is 1. The maximum Gasteiger partial charge on any atom is 0.253 e. The first kappa shape index (κ1) is 24.1. The summed E-state index contributed by atoms with van der Waals surface area (Å²) >= 11 is 0. The molecule has 28 heavy (non-hydrogen) atoms. The number of nitrogens with zero attached hydrogens (tertiary/aromatic N) is 2. The molecule has 157 valence electrons. The Labute approximate surface area is 169 Å². The zero-order chi connectivity index (χ0) is 20.5. The summed E-state index contributed by atoms with van der Waals surface area (Å²) in [4.78, 5) is 26.7. The normalized spacial score (nSPS) is 11.9. The van der Waals surface area contributed by atoms with Crippen LogP contribution in [0.4, 0.5) is 0 Å². The zero-order valence-electron chi connectivity index (χ0n) is 17.3. The fourth-order valence-electron chi connectivity index (χ4n) is 3.31. The van der Waals surface area contributed by atoms with Crippen LogP contribution in [-0.4, -0.2) is 28.4 Å². The molecule has 1 rings (SSSR count). The number of nitrogens with one attached hydrogen (secondary N) is 1. The highest BCUT2D eigenvalue weighted by molar-refractivity contribution is 5.93. The van der Waals surface area contributed by atoms with Gasteiger partial charge in [-0.15, -0.1) is 0 Å². The molecule has 0 fully saturated rings. The molecule has 0 saturated carbocycles. The molecule has 1 aromatic heterocycles. The summed E-state index contributed by atoms with van der Waals surface area (Å²) in [6, 6.07) is 2.82. The summed E-state index contributed by atoms with van der Waals surface area (Å²) in [6.07, 6.45) is 18.3. The second kappa shape index (κ2) is 16.0. The largest absolute Gasteiger partial charge is 0.352 e. The van der Waals surface area contributed by atoms with Gasteiger partial charge in [-0.1, -0.05) is 64.7 Å². The van der Waals surface area contributed by atoms with Gasteiger partial charge in [-0.25, -0.2) is 0 Å². The van der Waals surface area contributed by atoms with Gasteiger partial charge in [0.15, 0.2) is 0 Å². The molecule has 1 atom stereocenters. The van der Waals surface area contributed by atoms with Crippen LogP contribution in [0.2, 0.25) is 0 Å². The first-order chi connectivity index (χ1) is 13.6. The summed E-state index contributed by atoms with van der Waals surface area (Å²) < 4.78 is 0. The van der Waals surface area contributed by atoms with E-state index in [9.17, 15) is 14.9 Å². The number of amides is 1. The van der Waals surface area contributed by atoms with E-state index in [4.69, 9.17) is 0 Å². The number of carbonyl (C=O) groups excluding carboxylic acids is 1. The molecule has 0 spiro atoms. The van der Waals surface area contributed by atoms with Crippen molar-refractivity contribution in [2.45, 2.75) is 96.4 Å². The Bertz CT molecular complexity index is 537. The van der Waals surface area contributed by atoms with Crippen LogP contribution in [0.1, 0.15) is 101 Å². The summed E-state index contributed by atoms with van der Waals surface area (Å²) in [5.41, 5.74) is 0.388. The maximum absolute atomic E-state index is 11.9. The highest BCUT2D eigenvalue weighted by atomic mass is 16.6. The highest BCUT2D eigenvalue weighted by Crippen LogP contribution is 2.14. The van der Waals surface area contributed by atoms with Crippen LogP contribution in [0.25, 0.3) is 0 Å². The Kier molecular flexibility index (Phi) is 13.8. The van der Waals surface area contributed by atoms with Crippen molar-refractivity contribution in [3.63, 3.8) is 0 Å². The van der Waals surface area contributed by atoms with E-state index in [1.807, 2.05) is 0 Å². The van der Waals surface area contributed by atoms with Crippen LogP contribution in [0.15, 0.2) is 18.3 Å². The SMILES string of the molecule is CCCCCCCCCCCCC(CCCNC(=O)c1[c]nccc1)[N+](=O)[O-]. The number of nitro groups is 1. The number of unbranched alkanes of at least 4 members (excludes halogenated alkanes) is 9. The molecular formula is C22H36N3O3. The van der Waals surface area contributed by atoms with Gasteiger partial charge >= 0.3 is 0 Å². The van der Waals surface area contributed by atoms with E-state index in [1.165, 1.54) is 51.4 Å². The third-order valence-corrected chi connectivity index (χ3v) is 5.04. The standard InChI is InChI=1S/C22H36N3O3/c1-2-3-4-5-6-7-8-9-10-11-15-21(25(27)28)16-13-18-24-22(26)20-14-12-17-23-19-20/h12,14,17,21H,2-11,13,15-16,18H2,1H3,(H,24,26). The van der Waals surface area contributed by atoms with Crippen molar-refractivity contribution < 1.29 is 9.72 Å². The van der Waals surface area contributed by atoms with Crippen LogP contribution >= 0.6 is 0 Å². The van der Waals surface area contributed by atoms with Crippen molar-refractivity contribution in [2.75, 3.05) is 6.54 Å². The third-order valence-electron chi connectivity index (χ3n) is 5.04. The maximum atomic E-state index is 11.9. The van der Waals surface area contributed by atoms with Crippen molar-refractivity contribution in [1.29, 1.82) is 0 Å². The summed E-state index contributed by atoms with van der Waals surface area (Å²) in [6.45, 7) is 2.67. The van der Waals surface area contributed by atoms with Crippen molar-refractivity contribution in [1.82, 2.24) is 10.3 Å². The van der Waals surface area contributed by atoms with E-state index in [0.717, 1.165) is 12.8 Å². The molecule has 0 aromatic carbocycles. The molecular weight excluding hydrogens is 354 g/mol. The predicted molar refractivity (Wildman–Crippen MR) is 112 cm³/mol. The first-order valence-corrected chi connectivity index (χ1v) is 10.9. The van der Waals surface area contributed by atoms with E-state index < -0.39 is 6.04 Å². The lowest BCUT2D eigenvalue weighted by Crippen LogP contribution is -2.27. The first-order valence-electron chi connectivity index (χ1n) is 10.9. The molecule has 1 heterocycles. The number of aromatic nitrogens is 1. The fraction of sp³-hybridized carbons (Fsp3) is 0.727. The Balaban J connectivity index is 2.05. The minimum Gasteiger partial charge on any atom is -0.352 e. The van der Waals surface area contributed by atoms with E-state index in [-0.39, 0.29) is 10.8 Å². The molecule has 6 heteroatoms. The third kappa shape index (κ3) is 11.7. The van der Waals surface area contributed by atoms with Gasteiger partial charge in [-0.2, -0.15) is 0 Å². The minimum absolute atomic E-state index is 0.162. The fourth-order valence-corrected chi connectivity index (χ4v) is 3.31. The van der Waals surface area contributed by atoms with Gasteiger partial charge in [0.05, 0.1) is 5.56 Å². The van der Waals surface area contributed by atoms with E-state index >= 15 is 0 Å². The average Bonchev–Trinajstić information content (AvgIpc) is 2.71. The Morgan fingerprint density at radius 2 is 1.68 bits per heavy atom. The second-order valence-electron chi connectivity index (χ2n) is 7.47. The Morgan fingerprint density at radius 3 is 2.25 bits per heavy atom. The van der Waals surface area contributed by atoms with E-state index in [0.29, 0.717) is 31.4 Å². The molecule has 0 aliphatic carbocycles. The summed E-state index contributed by atoms with van der Waals surface area (Å²) in [5.74, 6) is -0.236. The topological polar surface area (TPSA) is 85.1 Å². The van der Waals surface area contributed by atoms with Crippen molar-refractivity contribution >= 4 is 5.91 Å². The lowest BCUT2D eigenvalue weighted by atomic mass is 10.0. The van der Waals surface area contributed by atoms with Crippen LogP contribution < -0.4 is 5.32 Å². The highest BCUT2D eigenvalue weighted by Gasteiger charge is 2.19. The molecule has 1 unspecified atom stereocenters. The molecule has 1 N–H and O–H groups in total. The summed E-state index contributed by atoms with van der Waals surface area (Å²) in [7, 11) is 0. The molecule has 1 radical (unpaired) electrons. The quantitative estimate of drug-likeness (QED) is 0.221. The Hall–Kier alpha value is -1.98. The lowest BCUT2D eigenvalue weighted by molar-refractivity contribution is -0.524. The van der Waals surface area contributed by atoms with E-state index in [1.54, 1.807) is 18.3 Å². The molecule has 0 saturated heterocycles. The number of carbonyl (C=O) groups is 1. The van der Waals surface area contributed by atoms with Gasteiger partial charge in [0.2, 0.25) is 6.04 Å². The van der Waals surface area contributed by atoms with Crippen LogP contribution in [0.3, 0.4) is 0 Å². The second-order valence-corrected chi connectivity index (χ2v) is 7.47. The van der Waals surface area contributed by atoms with Crippen molar-refractivity contribution in [3.05, 3.63) is 40.2 Å². The van der Waals surface area contributed by atoms with Gasteiger partial charge < -0.3 is 5.32 Å². The number of rotatable bonds is 17. The molecule has 1 amide bonds. The van der Waals surface area contributed by atoms with Crippen LogP contribution in [0.5, 0.6) is 0 Å². The van der Waals surface area contributed by atoms with Gasteiger partial charge in [0, 0.05) is 30.5 Å².